The van der Waals surface area contributed by atoms with Crippen molar-refractivity contribution in [1.82, 2.24) is 9.78 Å². The Morgan fingerprint density at radius 1 is 1.22 bits per heavy atom. The van der Waals surface area contributed by atoms with Crippen LogP contribution >= 0.6 is 0 Å². The highest BCUT2D eigenvalue weighted by Crippen LogP contribution is 2.37. The van der Waals surface area contributed by atoms with Crippen LogP contribution in [0.1, 0.15) is 19.9 Å². The molecule has 0 aliphatic carbocycles. The highest BCUT2D eigenvalue weighted by Gasteiger charge is 2.19. The summed E-state index contributed by atoms with van der Waals surface area (Å²) in [6.07, 6.45) is 0. The summed E-state index contributed by atoms with van der Waals surface area (Å²) in [5, 5.41) is 4.28. The molecule has 4 N–H and O–H groups in total. The molecule has 0 spiro atoms. The third-order valence-electron chi connectivity index (χ3n) is 2.83. The van der Waals surface area contributed by atoms with Crippen molar-refractivity contribution in [2.24, 2.45) is 0 Å². The van der Waals surface area contributed by atoms with Crippen molar-refractivity contribution in [3.63, 3.8) is 0 Å². The van der Waals surface area contributed by atoms with E-state index >= 15 is 0 Å². The molecule has 0 unspecified atom stereocenters. The van der Waals surface area contributed by atoms with Gasteiger partial charge in [0.25, 0.3) is 0 Å². The summed E-state index contributed by atoms with van der Waals surface area (Å²) in [5.74, 6) is 1.11. The van der Waals surface area contributed by atoms with Gasteiger partial charge in [0.2, 0.25) is 0 Å². The average Bonchev–Trinajstić information content (AvgIpc) is 2.66. The molecule has 0 aliphatic rings. The first kappa shape index (κ1) is 12.3. The van der Waals surface area contributed by atoms with Crippen molar-refractivity contribution < 1.29 is 4.74 Å². The molecule has 0 bridgehead atoms. The zero-order valence-electron chi connectivity index (χ0n) is 10.8. The first-order chi connectivity index (χ1) is 8.56. The molecule has 0 saturated heterocycles. The lowest BCUT2D eigenvalue weighted by molar-refractivity contribution is 0.415. The number of methoxy groups -OCH3 is 1. The van der Waals surface area contributed by atoms with Crippen molar-refractivity contribution in [1.29, 1.82) is 0 Å². The van der Waals surface area contributed by atoms with Crippen LogP contribution in [-0.2, 0) is 0 Å². The molecule has 1 aromatic heterocycles. The zero-order chi connectivity index (χ0) is 13.3. The number of nitrogens with two attached hydrogens (primary N) is 2. The number of nitrogen functional groups attached to an aromatic ring is 2. The molecule has 5 nitrogen and oxygen atoms in total. The SMILES string of the molecule is COc1ccccc1-c1c(N)c(N)nn1C(C)C. The molecular formula is C13H18N4O. The van der Waals surface area contributed by atoms with E-state index in [4.69, 9.17) is 16.2 Å². The van der Waals surface area contributed by atoms with Crippen molar-refractivity contribution in [2.75, 3.05) is 18.6 Å². The number of nitrogens with zero attached hydrogens (tertiary/aromatic N) is 2. The number of aromatic nitrogens is 2. The quantitative estimate of drug-likeness (QED) is 0.871. The monoisotopic (exact) mass is 246 g/mol. The second kappa shape index (κ2) is 4.60. The Balaban J connectivity index is 2.70. The molecule has 0 aliphatic heterocycles. The molecule has 0 fully saturated rings. The summed E-state index contributed by atoms with van der Waals surface area (Å²) in [4.78, 5) is 0. The number of hydrogen-bond acceptors (Lipinski definition) is 4. The normalized spacial score (nSPS) is 10.9. The number of benzene rings is 1. The Hall–Kier alpha value is -2.17. The van der Waals surface area contributed by atoms with Crippen LogP contribution < -0.4 is 16.2 Å². The Bertz CT molecular complexity index is 560. The molecule has 2 aromatic rings. The maximum absolute atomic E-state index is 6.03. The van der Waals surface area contributed by atoms with Crippen LogP contribution in [-0.4, -0.2) is 16.9 Å². The number of para-hydroxylation sites is 1. The minimum absolute atomic E-state index is 0.171. The topological polar surface area (TPSA) is 79.1 Å². The van der Waals surface area contributed by atoms with Crippen molar-refractivity contribution in [2.45, 2.75) is 19.9 Å². The van der Waals surface area contributed by atoms with Gasteiger partial charge in [0, 0.05) is 11.6 Å². The molecule has 18 heavy (non-hydrogen) atoms. The second-order valence-electron chi connectivity index (χ2n) is 4.39. The summed E-state index contributed by atoms with van der Waals surface area (Å²) in [6, 6.07) is 7.86. The van der Waals surface area contributed by atoms with Gasteiger partial charge in [0.15, 0.2) is 5.82 Å². The van der Waals surface area contributed by atoms with Gasteiger partial charge in [-0.2, -0.15) is 5.10 Å². The van der Waals surface area contributed by atoms with Gasteiger partial charge in [-0.15, -0.1) is 0 Å². The van der Waals surface area contributed by atoms with Crippen LogP contribution in [0.3, 0.4) is 0 Å². The third kappa shape index (κ3) is 1.88. The summed E-state index contributed by atoms with van der Waals surface area (Å²) < 4.78 is 7.18. The number of ether oxygens (including phenoxy) is 1. The van der Waals surface area contributed by atoms with E-state index in [1.54, 1.807) is 7.11 Å². The Morgan fingerprint density at radius 3 is 2.50 bits per heavy atom. The molecule has 5 heteroatoms. The Kier molecular flexibility index (Phi) is 3.14. The molecule has 0 saturated carbocycles. The fourth-order valence-electron chi connectivity index (χ4n) is 1.95. The molecule has 2 rings (SSSR count). The maximum Gasteiger partial charge on any atom is 0.169 e. The molecule has 0 atom stereocenters. The minimum atomic E-state index is 0.171. The van der Waals surface area contributed by atoms with E-state index in [0.717, 1.165) is 17.0 Å². The van der Waals surface area contributed by atoms with E-state index in [-0.39, 0.29) is 6.04 Å². The summed E-state index contributed by atoms with van der Waals surface area (Å²) in [5.41, 5.74) is 14.0. The Morgan fingerprint density at radius 2 is 1.89 bits per heavy atom. The van der Waals surface area contributed by atoms with E-state index in [0.29, 0.717) is 11.5 Å². The van der Waals surface area contributed by atoms with Gasteiger partial charge < -0.3 is 16.2 Å². The van der Waals surface area contributed by atoms with Crippen LogP contribution in [0.2, 0.25) is 0 Å². The van der Waals surface area contributed by atoms with Gasteiger partial charge in [-0.25, -0.2) is 0 Å². The summed E-state index contributed by atoms with van der Waals surface area (Å²) in [6.45, 7) is 4.07. The van der Waals surface area contributed by atoms with Gasteiger partial charge in [0.05, 0.1) is 12.8 Å². The standard InChI is InChI=1S/C13H18N4O/c1-8(2)17-12(11(14)13(15)16-17)9-6-4-5-7-10(9)18-3/h4-8H,14H2,1-3H3,(H2,15,16). The van der Waals surface area contributed by atoms with E-state index in [2.05, 4.69) is 5.10 Å². The molecular weight excluding hydrogens is 228 g/mol. The van der Waals surface area contributed by atoms with Crippen LogP contribution in [0.5, 0.6) is 5.75 Å². The first-order valence-electron chi connectivity index (χ1n) is 5.83. The largest absolute Gasteiger partial charge is 0.496 e. The number of anilines is 2. The lowest BCUT2D eigenvalue weighted by atomic mass is 10.1. The van der Waals surface area contributed by atoms with Crippen LogP contribution in [0.25, 0.3) is 11.3 Å². The van der Waals surface area contributed by atoms with Gasteiger partial charge >= 0.3 is 0 Å². The van der Waals surface area contributed by atoms with Gasteiger partial charge in [0.1, 0.15) is 11.4 Å². The van der Waals surface area contributed by atoms with E-state index in [1.807, 2.05) is 42.8 Å². The molecule has 1 aromatic carbocycles. The lowest BCUT2D eigenvalue weighted by Gasteiger charge is -2.14. The smallest absolute Gasteiger partial charge is 0.169 e. The summed E-state index contributed by atoms with van der Waals surface area (Å²) in [7, 11) is 1.63. The van der Waals surface area contributed by atoms with Crippen molar-refractivity contribution >= 4 is 11.5 Å². The zero-order valence-corrected chi connectivity index (χ0v) is 10.8. The highest BCUT2D eigenvalue weighted by atomic mass is 16.5. The Labute approximate surface area is 106 Å². The van der Waals surface area contributed by atoms with Gasteiger partial charge in [-0.1, -0.05) is 12.1 Å². The first-order valence-corrected chi connectivity index (χ1v) is 5.83. The maximum atomic E-state index is 6.03. The molecule has 1 heterocycles. The van der Waals surface area contributed by atoms with E-state index < -0.39 is 0 Å². The minimum Gasteiger partial charge on any atom is -0.496 e. The summed E-state index contributed by atoms with van der Waals surface area (Å²) >= 11 is 0. The average molecular weight is 246 g/mol. The van der Waals surface area contributed by atoms with Gasteiger partial charge in [-0.05, 0) is 26.0 Å². The molecule has 0 radical (unpaired) electrons. The van der Waals surface area contributed by atoms with E-state index in [9.17, 15) is 0 Å². The predicted molar refractivity (Wildman–Crippen MR) is 73.4 cm³/mol. The molecule has 96 valence electrons. The predicted octanol–water partition coefficient (Wildman–Crippen LogP) is 2.30. The third-order valence-corrected chi connectivity index (χ3v) is 2.83. The van der Waals surface area contributed by atoms with Crippen molar-refractivity contribution in [3.05, 3.63) is 24.3 Å². The molecule has 0 amide bonds. The van der Waals surface area contributed by atoms with Gasteiger partial charge in [-0.3, -0.25) is 4.68 Å². The number of hydrogen-bond donors (Lipinski definition) is 2. The van der Waals surface area contributed by atoms with Crippen LogP contribution in [0.15, 0.2) is 24.3 Å². The van der Waals surface area contributed by atoms with Crippen LogP contribution in [0, 0.1) is 0 Å². The second-order valence-corrected chi connectivity index (χ2v) is 4.39. The van der Waals surface area contributed by atoms with Crippen molar-refractivity contribution in [3.8, 4) is 17.0 Å². The lowest BCUT2D eigenvalue weighted by Crippen LogP contribution is -2.06. The highest BCUT2D eigenvalue weighted by molar-refractivity contribution is 5.83. The number of rotatable bonds is 3. The van der Waals surface area contributed by atoms with E-state index in [1.165, 1.54) is 0 Å². The fourth-order valence-corrected chi connectivity index (χ4v) is 1.95. The van der Waals surface area contributed by atoms with Crippen LogP contribution in [0.4, 0.5) is 11.5 Å². The fraction of sp³-hybridized carbons (Fsp3) is 0.308.